The summed E-state index contributed by atoms with van der Waals surface area (Å²) in [4.78, 5) is 0. The van der Waals surface area contributed by atoms with E-state index in [1.165, 1.54) is 24.0 Å². The minimum atomic E-state index is 0.192. The van der Waals surface area contributed by atoms with E-state index >= 15 is 0 Å². The molecule has 0 aliphatic rings. The first-order valence-corrected chi connectivity index (χ1v) is 6.71. The monoisotopic (exact) mass is 254 g/mol. The molecule has 0 saturated carbocycles. The van der Waals surface area contributed by atoms with Gasteiger partial charge in [-0.15, -0.1) is 0 Å². The molecule has 1 aromatic rings. The zero-order valence-corrected chi connectivity index (χ0v) is 11.7. The molecule has 0 amide bonds. The Labute approximate surface area is 110 Å². The van der Waals surface area contributed by atoms with Crippen LogP contribution in [0.3, 0.4) is 0 Å². The molecule has 0 spiro atoms. The summed E-state index contributed by atoms with van der Waals surface area (Å²) in [6, 6.07) is 6.31. The number of hydrogen-bond acceptors (Lipinski definition) is 2. The van der Waals surface area contributed by atoms with Crippen molar-refractivity contribution in [2.24, 2.45) is 11.8 Å². The maximum absolute atomic E-state index is 6.09. The Morgan fingerprint density at radius 1 is 1.24 bits per heavy atom. The Bertz CT molecular complexity index is 328. The second-order valence-corrected chi connectivity index (χ2v) is 5.14. The van der Waals surface area contributed by atoms with Crippen LogP contribution in [0.5, 0.6) is 0 Å². The number of halogens is 1. The summed E-state index contributed by atoms with van der Waals surface area (Å²) >= 11 is 6.09. The Kier molecular flexibility index (Phi) is 5.96. The van der Waals surface area contributed by atoms with Crippen molar-refractivity contribution in [1.82, 2.24) is 5.43 Å². The summed E-state index contributed by atoms with van der Waals surface area (Å²) in [5.41, 5.74) is 5.28. The number of nitrogens with two attached hydrogens (primary N) is 1. The molecule has 0 fully saturated rings. The predicted octanol–water partition coefficient (Wildman–Crippen LogP) is 3.98. The Morgan fingerprint density at radius 2 is 1.88 bits per heavy atom. The summed E-state index contributed by atoms with van der Waals surface area (Å²) in [5.74, 6) is 6.37. The fraction of sp³-hybridized carbons (Fsp3) is 0.571. The molecule has 0 saturated heterocycles. The minimum absolute atomic E-state index is 0.192. The molecule has 0 aromatic heterocycles. The quantitative estimate of drug-likeness (QED) is 0.595. The van der Waals surface area contributed by atoms with Gasteiger partial charge in [-0.05, 0) is 42.5 Å². The highest BCUT2D eigenvalue weighted by Crippen LogP contribution is 2.27. The van der Waals surface area contributed by atoms with Crippen molar-refractivity contribution in [3.8, 4) is 0 Å². The van der Waals surface area contributed by atoms with Crippen molar-refractivity contribution < 1.29 is 0 Å². The van der Waals surface area contributed by atoms with Crippen LogP contribution >= 0.6 is 11.6 Å². The Morgan fingerprint density at radius 3 is 2.35 bits per heavy atom. The van der Waals surface area contributed by atoms with Crippen molar-refractivity contribution in [2.45, 2.75) is 46.1 Å². The number of benzene rings is 1. The molecular formula is C14H23ClN2. The van der Waals surface area contributed by atoms with Crippen molar-refractivity contribution in [1.29, 1.82) is 0 Å². The highest BCUT2D eigenvalue weighted by Gasteiger charge is 2.15. The number of hydrazine groups is 1. The molecule has 1 unspecified atom stereocenters. The van der Waals surface area contributed by atoms with Crippen LogP contribution in [0.2, 0.25) is 5.02 Å². The molecule has 1 atom stereocenters. The standard InChI is InChI=1S/C14H23ClN2/c1-4-11(5-2)8-14(17-16)12-6-10(3)7-13(15)9-12/h6-7,9,11,14,17H,4-5,8,16H2,1-3H3. The Balaban J connectivity index is 2.85. The van der Waals surface area contributed by atoms with Crippen molar-refractivity contribution in [2.75, 3.05) is 0 Å². The zero-order valence-electron chi connectivity index (χ0n) is 11.0. The van der Waals surface area contributed by atoms with Gasteiger partial charge in [0.25, 0.3) is 0 Å². The number of nitrogens with one attached hydrogen (secondary N) is 1. The first kappa shape index (κ1) is 14.5. The lowest BCUT2D eigenvalue weighted by atomic mass is 9.91. The van der Waals surface area contributed by atoms with E-state index in [1.807, 2.05) is 12.1 Å². The molecule has 0 aliphatic heterocycles. The van der Waals surface area contributed by atoms with Gasteiger partial charge in [0.15, 0.2) is 0 Å². The van der Waals surface area contributed by atoms with Gasteiger partial charge in [0.2, 0.25) is 0 Å². The molecule has 0 bridgehead atoms. The predicted molar refractivity (Wildman–Crippen MR) is 74.9 cm³/mol. The van der Waals surface area contributed by atoms with Gasteiger partial charge < -0.3 is 0 Å². The minimum Gasteiger partial charge on any atom is -0.271 e. The highest BCUT2D eigenvalue weighted by atomic mass is 35.5. The molecule has 17 heavy (non-hydrogen) atoms. The third kappa shape index (κ3) is 4.30. The molecule has 0 aliphatic carbocycles. The largest absolute Gasteiger partial charge is 0.271 e. The molecule has 3 N–H and O–H groups in total. The van der Waals surface area contributed by atoms with Crippen molar-refractivity contribution in [3.05, 3.63) is 34.3 Å². The first-order chi connectivity index (χ1) is 8.10. The van der Waals surface area contributed by atoms with Crippen LogP contribution in [0.4, 0.5) is 0 Å². The van der Waals surface area contributed by atoms with E-state index in [1.54, 1.807) is 0 Å². The van der Waals surface area contributed by atoms with Crippen LogP contribution in [-0.2, 0) is 0 Å². The third-order valence-electron chi connectivity index (χ3n) is 3.39. The van der Waals surface area contributed by atoms with E-state index in [9.17, 15) is 0 Å². The fourth-order valence-corrected chi connectivity index (χ4v) is 2.52. The second-order valence-electron chi connectivity index (χ2n) is 4.70. The van der Waals surface area contributed by atoms with Crippen molar-refractivity contribution >= 4 is 11.6 Å². The molecule has 0 radical (unpaired) electrons. The molecule has 1 aromatic carbocycles. The summed E-state index contributed by atoms with van der Waals surface area (Å²) in [5, 5.41) is 0.782. The molecule has 96 valence electrons. The number of hydrogen-bond donors (Lipinski definition) is 2. The third-order valence-corrected chi connectivity index (χ3v) is 3.61. The van der Waals surface area contributed by atoms with E-state index in [0.29, 0.717) is 5.92 Å². The maximum Gasteiger partial charge on any atom is 0.0463 e. The summed E-state index contributed by atoms with van der Waals surface area (Å²) < 4.78 is 0. The fourth-order valence-electron chi connectivity index (χ4n) is 2.22. The Hall–Kier alpha value is -0.570. The van der Waals surface area contributed by atoms with Gasteiger partial charge in [-0.25, -0.2) is 0 Å². The lowest BCUT2D eigenvalue weighted by Crippen LogP contribution is -2.29. The van der Waals surface area contributed by atoms with Gasteiger partial charge in [0, 0.05) is 11.1 Å². The van der Waals surface area contributed by atoms with Crippen LogP contribution in [0.15, 0.2) is 18.2 Å². The smallest absolute Gasteiger partial charge is 0.0463 e. The lowest BCUT2D eigenvalue weighted by molar-refractivity contribution is 0.375. The van der Waals surface area contributed by atoms with Gasteiger partial charge in [-0.1, -0.05) is 44.4 Å². The first-order valence-electron chi connectivity index (χ1n) is 6.33. The molecule has 1 rings (SSSR count). The SMILES string of the molecule is CCC(CC)CC(NN)c1cc(C)cc(Cl)c1. The summed E-state index contributed by atoms with van der Waals surface area (Å²) in [6.45, 7) is 6.51. The van der Waals surface area contributed by atoms with E-state index < -0.39 is 0 Å². The summed E-state index contributed by atoms with van der Waals surface area (Å²) in [6.07, 6.45) is 3.44. The van der Waals surface area contributed by atoms with Gasteiger partial charge in [-0.2, -0.15) is 0 Å². The topological polar surface area (TPSA) is 38.0 Å². The van der Waals surface area contributed by atoms with Crippen LogP contribution in [0.25, 0.3) is 0 Å². The van der Waals surface area contributed by atoms with Gasteiger partial charge in [-0.3, -0.25) is 11.3 Å². The van der Waals surface area contributed by atoms with E-state index in [-0.39, 0.29) is 6.04 Å². The van der Waals surface area contributed by atoms with Gasteiger partial charge in [0.1, 0.15) is 0 Å². The number of rotatable bonds is 6. The summed E-state index contributed by atoms with van der Waals surface area (Å²) in [7, 11) is 0. The molecular weight excluding hydrogens is 232 g/mol. The van der Waals surface area contributed by atoms with E-state index in [4.69, 9.17) is 17.4 Å². The van der Waals surface area contributed by atoms with Crippen LogP contribution < -0.4 is 11.3 Å². The van der Waals surface area contributed by atoms with Crippen LogP contribution in [0, 0.1) is 12.8 Å². The zero-order chi connectivity index (χ0) is 12.8. The van der Waals surface area contributed by atoms with Gasteiger partial charge in [0.05, 0.1) is 0 Å². The number of aryl methyl sites for hydroxylation is 1. The second kappa shape index (κ2) is 7.00. The molecule has 0 heterocycles. The van der Waals surface area contributed by atoms with Crippen LogP contribution in [0.1, 0.15) is 50.3 Å². The molecule has 2 nitrogen and oxygen atoms in total. The normalized spacial score (nSPS) is 13.1. The average molecular weight is 255 g/mol. The lowest BCUT2D eigenvalue weighted by Gasteiger charge is -2.22. The van der Waals surface area contributed by atoms with Crippen LogP contribution in [-0.4, -0.2) is 0 Å². The maximum atomic E-state index is 6.09. The highest BCUT2D eigenvalue weighted by molar-refractivity contribution is 6.30. The average Bonchev–Trinajstić information content (AvgIpc) is 2.29. The van der Waals surface area contributed by atoms with Gasteiger partial charge >= 0.3 is 0 Å². The van der Waals surface area contributed by atoms with E-state index in [2.05, 4.69) is 32.3 Å². The van der Waals surface area contributed by atoms with E-state index in [0.717, 1.165) is 11.4 Å². The molecule has 3 heteroatoms. The van der Waals surface area contributed by atoms with Crippen molar-refractivity contribution in [3.63, 3.8) is 0 Å².